The smallest absolute Gasteiger partial charge is 0.257 e. The van der Waals surface area contributed by atoms with E-state index in [1.165, 1.54) is 6.20 Å². The zero-order valence-corrected chi connectivity index (χ0v) is 24.1. The Morgan fingerprint density at radius 2 is 1.63 bits per heavy atom. The Hall–Kier alpha value is -3.66. The minimum absolute atomic E-state index is 0.0652. The summed E-state index contributed by atoms with van der Waals surface area (Å²) >= 11 is 12.3. The standard InChI is InChI=1S/C30H32Cl2N6O3/c31-23-6-7-24(25(32)19-23)30(41)38-14-3-13-36(16-17-38)27-8-5-21(29(40)37-12-2-10-33-11-15-37)18-26(27)35-28(39)22-4-1-9-34-20-22/h1,4-9,18-20,33H,2-3,10-17H2,(H,35,39). The van der Waals surface area contributed by atoms with Crippen LogP contribution in [0.15, 0.2) is 60.9 Å². The van der Waals surface area contributed by atoms with Crippen molar-refractivity contribution in [1.82, 2.24) is 20.1 Å². The average molecular weight is 596 g/mol. The van der Waals surface area contributed by atoms with Gasteiger partial charge in [0.15, 0.2) is 0 Å². The Morgan fingerprint density at radius 3 is 2.44 bits per heavy atom. The molecule has 0 spiro atoms. The number of aromatic nitrogens is 1. The van der Waals surface area contributed by atoms with Crippen LogP contribution in [0, 0.1) is 0 Å². The van der Waals surface area contributed by atoms with E-state index in [2.05, 4.69) is 20.5 Å². The molecule has 2 aliphatic rings. The molecular weight excluding hydrogens is 563 g/mol. The molecule has 3 heterocycles. The summed E-state index contributed by atoms with van der Waals surface area (Å²) in [4.78, 5) is 49.6. The van der Waals surface area contributed by atoms with Gasteiger partial charge in [-0.05, 0) is 67.9 Å². The lowest BCUT2D eigenvalue weighted by atomic mass is 10.1. The van der Waals surface area contributed by atoms with Gasteiger partial charge < -0.3 is 25.3 Å². The van der Waals surface area contributed by atoms with E-state index in [0.29, 0.717) is 78.1 Å². The molecule has 3 aromatic rings. The van der Waals surface area contributed by atoms with Gasteiger partial charge in [0.25, 0.3) is 17.7 Å². The molecule has 41 heavy (non-hydrogen) atoms. The van der Waals surface area contributed by atoms with Crippen molar-refractivity contribution in [1.29, 1.82) is 0 Å². The topological polar surface area (TPSA) is 97.9 Å². The van der Waals surface area contributed by atoms with Crippen LogP contribution in [-0.2, 0) is 0 Å². The van der Waals surface area contributed by atoms with E-state index in [1.807, 2.05) is 17.0 Å². The zero-order chi connectivity index (χ0) is 28.8. The Kier molecular flexibility index (Phi) is 9.38. The van der Waals surface area contributed by atoms with Crippen LogP contribution < -0.4 is 15.5 Å². The molecule has 1 aromatic heterocycles. The van der Waals surface area contributed by atoms with Crippen molar-refractivity contribution < 1.29 is 14.4 Å². The number of amides is 3. The Morgan fingerprint density at radius 1 is 0.805 bits per heavy atom. The molecule has 0 unspecified atom stereocenters. The fourth-order valence-electron chi connectivity index (χ4n) is 5.16. The van der Waals surface area contributed by atoms with Crippen molar-refractivity contribution in [2.45, 2.75) is 12.8 Å². The quantitative estimate of drug-likeness (QED) is 0.453. The lowest BCUT2D eigenvalue weighted by Gasteiger charge is -2.27. The molecule has 2 aliphatic heterocycles. The summed E-state index contributed by atoms with van der Waals surface area (Å²) < 4.78 is 0. The van der Waals surface area contributed by atoms with Crippen molar-refractivity contribution in [3.8, 4) is 0 Å². The molecule has 214 valence electrons. The van der Waals surface area contributed by atoms with Crippen molar-refractivity contribution in [2.24, 2.45) is 0 Å². The van der Waals surface area contributed by atoms with Gasteiger partial charge in [0, 0.05) is 68.8 Å². The fourth-order valence-corrected chi connectivity index (χ4v) is 5.65. The first kappa shape index (κ1) is 28.9. The molecule has 0 radical (unpaired) electrons. The van der Waals surface area contributed by atoms with E-state index >= 15 is 0 Å². The van der Waals surface area contributed by atoms with Crippen molar-refractivity contribution in [3.63, 3.8) is 0 Å². The lowest BCUT2D eigenvalue weighted by molar-refractivity contribution is 0.0759. The first-order chi connectivity index (χ1) is 19.9. The summed E-state index contributed by atoms with van der Waals surface area (Å²) in [7, 11) is 0. The van der Waals surface area contributed by atoms with Gasteiger partial charge in [0.05, 0.1) is 27.5 Å². The number of carbonyl (C=O) groups excluding carboxylic acids is 3. The van der Waals surface area contributed by atoms with Gasteiger partial charge in [-0.2, -0.15) is 0 Å². The summed E-state index contributed by atoms with van der Waals surface area (Å²) in [6.07, 6.45) is 4.72. The molecule has 9 nitrogen and oxygen atoms in total. The highest BCUT2D eigenvalue weighted by Crippen LogP contribution is 2.30. The number of anilines is 2. The maximum absolute atomic E-state index is 13.4. The fraction of sp³-hybridized carbons (Fsp3) is 0.333. The molecule has 2 N–H and O–H groups in total. The van der Waals surface area contributed by atoms with Gasteiger partial charge in [-0.3, -0.25) is 19.4 Å². The lowest BCUT2D eigenvalue weighted by Crippen LogP contribution is -2.36. The summed E-state index contributed by atoms with van der Waals surface area (Å²) in [6, 6.07) is 13.7. The minimum atomic E-state index is -0.313. The van der Waals surface area contributed by atoms with Gasteiger partial charge in [-0.1, -0.05) is 23.2 Å². The molecule has 11 heteroatoms. The molecular formula is C30H32Cl2N6O3. The normalized spacial score (nSPS) is 16.1. The van der Waals surface area contributed by atoms with Crippen LogP contribution >= 0.6 is 23.2 Å². The molecule has 0 aliphatic carbocycles. The van der Waals surface area contributed by atoms with Crippen LogP contribution in [0.2, 0.25) is 10.0 Å². The predicted octanol–water partition coefficient (Wildman–Crippen LogP) is 4.43. The van der Waals surface area contributed by atoms with Crippen LogP contribution in [0.4, 0.5) is 11.4 Å². The van der Waals surface area contributed by atoms with Gasteiger partial charge in [0.2, 0.25) is 0 Å². The summed E-state index contributed by atoms with van der Waals surface area (Å²) in [5, 5.41) is 7.13. The molecule has 0 saturated carbocycles. The molecule has 3 amide bonds. The maximum Gasteiger partial charge on any atom is 0.257 e. The number of nitrogens with one attached hydrogen (secondary N) is 2. The van der Waals surface area contributed by atoms with E-state index in [4.69, 9.17) is 23.2 Å². The largest absolute Gasteiger partial charge is 0.368 e. The number of nitrogens with zero attached hydrogens (tertiary/aromatic N) is 4. The SMILES string of the molecule is O=C(Nc1cc(C(=O)N2CCCNCC2)ccc1N1CCCN(C(=O)c2ccc(Cl)cc2Cl)CC1)c1cccnc1. The highest BCUT2D eigenvalue weighted by Gasteiger charge is 2.25. The number of pyridine rings is 1. The molecule has 2 saturated heterocycles. The molecule has 0 bridgehead atoms. The van der Waals surface area contributed by atoms with E-state index < -0.39 is 0 Å². The van der Waals surface area contributed by atoms with Gasteiger partial charge in [-0.25, -0.2) is 0 Å². The summed E-state index contributed by atoms with van der Waals surface area (Å²) in [5.74, 6) is -0.525. The second-order valence-corrected chi connectivity index (χ2v) is 10.9. The van der Waals surface area contributed by atoms with Crippen LogP contribution in [0.5, 0.6) is 0 Å². The van der Waals surface area contributed by atoms with Gasteiger partial charge in [0.1, 0.15) is 0 Å². The van der Waals surface area contributed by atoms with E-state index in [0.717, 1.165) is 25.2 Å². The molecule has 2 aromatic carbocycles. The van der Waals surface area contributed by atoms with Crippen LogP contribution in [0.1, 0.15) is 43.9 Å². The van der Waals surface area contributed by atoms with Gasteiger partial charge >= 0.3 is 0 Å². The number of hydrogen-bond acceptors (Lipinski definition) is 6. The third kappa shape index (κ3) is 6.98. The second kappa shape index (κ2) is 13.3. The first-order valence-corrected chi connectivity index (χ1v) is 14.5. The third-order valence-electron chi connectivity index (χ3n) is 7.33. The number of halogens is 2. The Balaban J connectivity index is 1.39. The highest BCUT2D eigenvalue weighted by molar-refractivity contribution is 6.36. The summed E-state index contributed by atoms with van der Waals surface area (Å²) in [6.45, 7) is 5.17. The van der Waals surface area contributed by atoms with Crippen LogP contribution in [0.3, 0.4) is 0 Å². The molecule has 0 atom stereocenters. The van der Waals surface area contributed by atoms with Crippen molar-refractivity contribution >= 4 is 52.3 Å². The Bertz CT molecular complexity index is 1410. The van der Waals surface area contributed by atoms with Gasteiger partial charge in [-0.15, -0.1) is 0 Å². The number of rotatable bonds is 5. The number of benzene rings is 2. The van der Waals surface area contributed by atoms with Crippen LogP contribution in [0.25, 0.3) is 0 Å². The van der Waals surface area contributed by atoms with Crippen molar-refractivity contribution in [2.75, 3.05) is 62.6 Å². The minimum Gasteiger partial charge on any atom is -0.368 e. The second-order valence-electron chi connectivity index (χ2n) is 10.1. The number of hydrogen-bond donors (Lipinski definition) is 2. The summed E-state index contributed by atoms with van der Waals surface area (Å²) in [5.41, 5.74) is 2.68. The average Bonchev–Trinajstić information content (AvgIpc) is 3.41. The van der Waals surface area contributed by atoms with E-state index in [-0.39, 0.29) is 17.7 Å². The van der Waals surface area contributed by atoms with E-state index in [1.54, 1.807) is 47.5 Å². The number of carbonyl (C=O) groups is 3. The molecule has 2 fully saturated rings. The molecule has 5 rings (SSSR count). The highest BCUT2D eigenvalue weighted by atomic mass is 35.5. The maximum atomic E-state index is 13.4. The third-order valence-corrected chi connectivity index (χ3v) is 7.88. The first-order valence-electron chi connectivity index (χ1n) is 13.8. The zero-order valence-electron chi connectivity index (χ0n) is 22.6. The monoisotopic (exact) mass is 594 g/mol. The predicted molar refractivity (Wildman–Crippen MR) is 161 cm³/mol. The Labute approximate surface area is 249 Å². The van der Waals surface area contributed by atoms with Crippen LogP contribution in [-0.4, -0.2) is 84.9 Å². The van der Waals surface area contributed by atoms with Crippen molar-refractivity contribution in [3.05, 3.63) is 87.7 Å². The van der Waals surface area contributed by atoms with E-state index in [9.17, 15) is 14.4 Å².